The summed E-state index contributed by atoms with van der Waals surface area (Å²) in [6, 6.07) is 0. The van der Waals surface area contributed by atoms with Crippen LogP contribution in [0.5, 0.6) is 0 Å². The molecule has 9 nitrogen and oxygen atoms in total. The number of ether oxygens (including phenoxy) is 1. The Morgan fingerprint density at radius 3 is 2.39 bits per heavy atom. The Kier molecular flexibility index (Phi) is 11.0. The van der Waals surface area contributed by atoms with Crippen LogP contribution in [0.1, 0.15) is 59.1 Å². The molecular formula is C21H40IN7O2. The maximum absolute atomic E-state index is 12.4. The first-order chi connectivity index (χ1) is 14.1. The van der Waals surface area contributed by atoms with Crippen molar-refractivity contribution in [1.29, 1.82) is 0 Å². The molecule has 0 bridgehead atoms. The van der Waals surface area contributed by atoms with Gasteiger partial charge in [-0.25, -0.2) is 9.79 Å². The van der Waals surface area contributed by atoms with Crippen LogP contribution in [-0.4, -0.2) is 74.9 Å². The van der Waals surface area contributed by atoms with Gasteiger partial charge in [0.25, 0.3) is 0 Å². The van der Waals surface area contributed by atoms with E-state index in [1.165, 1.54) is 0 Å². The van der Waals surface area contributed by atoms with Gasteiger partial charge in [-0.15, -0.1) is 34.2 Å². The zero-order valence-electron chi connectivity index (χ0n) is 20.1. The minimum Gasteiger partial charge on any atom is -0.444 e. The first-order valence-corrected chi connectivity index (χ1v) is 11.0. The molecule has 0 aliphatic carbocycles. The van der Waals surface area contributed by atoms with Crippen LogP contribution >= 0.6 is 24.0 Å². The van der Waals surface area contributed by atoms with Gasteiger partial charge in [-0.2, -0.15) is 0 Å². The highest BCUT2D eigenvalue weighted by atomic mass is 127. The van der Waals surface area contributed by atoms with Crippen LogP contribution in [-0.2, 0) is 18.3 Å². The summed E-state index contributed by atoms with van der Waals surface area (Å²) in [5.41, 5.74) is -0.466. The summed E-state index contributed by atoms with van der Waals surface area (Å²) < 4.78 is 7.51. The van der Waals surface area contributed by atoms with E-state index in [1.807, 2.05) is 51.1 Å². The van der Waals surface area contributed by atoms with Crippen molar-refractivity contribution in [2.45, 2.75) is 66.5 Å². The number of carbonyl (C=O) groups is 1. The average Bonchev–Trinajstić information content (AvgIpc) is 3.00. The summed E-state index contributed by atoms with van der Waals surface area (Å²) >= 11 is 0. The van der Waals surface area contributed by atoms with E-state index in [9.17, 15) is 4.79 Å². The maximum Gasteiger partial charge on any atom is 0.410 e. The predicted octanol–water partition coefficient (Wildman–Crippen LogP) is 3.18. The number of aryl methyl sites for hydroxylation is 1. The van der Waals surface area contributed by atoms with Gasteiger partial charge in [0, 0.05) is 39.8 Å². The molecule has 31 heavy (non-hydrogen) atoms. The second-order valence-electron chi connectivity index (χ2n) is 8.84. The summed E-state index contributed by atoms with van der Waals surface area (Å²) in [5.74, 6) is 3.12. The second-order valence-corrected chi connectivity index (χ2v) is 8.84. The summed E-state index contributed by atoms with van der Waals surface area (Å²) in [4.78, 5) is 21.3. The van der Waals surface area contributed by atoms with Gasteiger partial charge in [-0.3, -0.25) is 0 Å². The number of hydrogen-bond donors (Lipinski definition) is 1. The van der Waals surface area contributed by atoms with Crippen molar-refractivity contribution in [3.63, 3.8) is 0 Å². The van der Waals surface area contributed by atoms with Crippen molar-refractivity contribution in [3.8, 4) is 0 Å². The van der Waals surface area contributed by atoms with Crippen LogP contribution in [0.4, 0.5) is 4.79 Å². The molecule has 1 aliphatic rings. The smallest absolute Gasteiger partial charge is 0.410 e. The van der Waals surface area contributed by atoms with E-state index in [0.29, 0.717) is 19.0 Å². The van der Waals surface area contributed by atoms with Crippen LogP contribution in [0.15, 0.2) is 4.99 Å². The minimum absolute atomic E-state index is 0. The number of piperidine rings is 1. The summed E-state index contributed by atoms with van der Waals surface area (Å²) in [7, 11) is 1.96. The molecule has 0 radical (unpaired) electrons. The molecule has 0 saturated carbocycles. The zero-order valence-corrected chi connectivity index (χ0v) is 22.5. The van der Waals surface area contributed by atoms with Gasteiger partial charge in [0.15, 0.2) is 11.8 Å². The Morgan fingerprint density at radius 1 is 1.26 bits per heavy atom. The molecule has 10 heteroatoms. The highest BCUT2D eigenvalue weighted by Gasteiger charge is 2.27. The number of carbonyl (C=O) groups excluding carboxylic acids is 1. The molecule has 1 fully saturated rings. The zero-order chi connectivity index (χ0) is 22.3. The lowest BCUT2D eigenvalue weighted by Crippen LogP contribution is -2.47. The molecular weight excluding hydrogens is 509 g/mol. The molecule has 2 rings (SSSR count). The van der Waals surface area contributed by atoms with Crippen molar-refractivity contribution in [1.82, 2.24) is 29.9 Å². The standard InChI is InChI=1S/C21H39N7O2.HI/c1-8-22-19(23-14-18-25-24-16(3)26(18)7)28-12-10-17(11-13-28)15-27(9-2)20(29)30-21(4,5)6;/h17H,8-15H2,1-7H3,(H,22,23);1H. The van der Waals surface area contributed by atoms with E-state index in [4.69, 9.17) is 9.73 Å². The SMILES string of the molecule is CCNC(=NCc1nnc(C)n1C)N1CCC(CN(CC)C(=O)OC(C)(C)C)CC1.I. The van der Waals surface area contributed by atoms with Crippen molar-refractivity contribution in [3.05, 3.63) is 11.6 Å². The van der Waals surface area contributed by atoms with Crippen molar-refractivity contribution in [2.24, 2.45) is 18.0 Å². The molecule has 1 aromatic rings. The highest BCUT2D eigenvalue weighted by molar-refractivity contribution is 14.0. The fourth-order valence-electron chi connectivity index (χ4n) is 3.46. The normalized spacial score (nSPS) is 15.5. The molecule has 0 unspecified atom stereocenters. The molecule has 2 heterocycles. The van der Waals surface area contributed by atoms with Gasteiger partial charge >= 0.3 is 6.09 Å². The number of nitrogens with zero attached hydrogens (tertiary/aromatic N) is 6. The third-order valence-corrected chi connectivity index (χ3v) is 5.31. The minimum atomic E-state index is -0.466. The van der Waals surface area contributed by atoms with E-state index in [2.05, 4.69) is 27.3 Å². The molecule has 1 amide bonds. The van der Waals surface area contributed by atoms with Gasteiger partial charge in [0.1, 0.15) is 18.0 Å². The monoisotopic (exact) mass is 549 g/mol. The van der Waals surface area contributed by atoms with Crippen molar-refractivity contribution >= 4 is 36.0 Å². The third-order valence-electron chi connectivity index (χ3n) is 5.31. The van der Waals surface area contributed by atoms with Gasteiger partial charge < -0.3 is 24.4 Å². The number of nitrogens with one attached hydrogen (secondary N) is 1. The molecule has 1 saturated heterocycles. The number of hydrogen-bond acceptors (Lipinski definition) is 5. The summed E-state index contributed by atoms with van der Waals surface area (Å²) in [5, 5.41) is 11.7. The Labute approximate surface area is 204 Å². The lowest BCUT2D eigenvalue weighted by molar-refractivity contribution is 0.0214. The van der Waals surface area contributed by atoms with E-state index >= 15 is 0 Å². The van der Waals surface area contributed by atoms with Gasteiger partial charge in [0.05, 0.1) is 0 Å². The Hall–Kier alpha value is -1.59. The number of amides is 1. The summed E-state index contributed by atoms with van der Waals surface area (Å²) in [6.07, 6.45) is 1.82. The predicted molar refractivity (Wildman–Crippen MR) is 134 cm³/mol. The Balaban J connectivity index is 0.00000480. The van der Waals surface area contributed by atoms with Gasteiger partial charge in [-0.1, -0.05) is 0 Å². The first-order valence-electron chi connectivity index (χ1n) is 11.0. The number of rotatable bonds is 6. The Bertz CT molecular complexity index is 722. The molecule has 0 atom stereocenters. The van der Waals surface area contributed by atoms with Gasteiger partial charge in [-0.05, 0) is 60.3 Å². The van der Waals surface area contributed by atoms with Crippen molar-refractivity contribution < 1.29 is 9.53 Å². The third kappa shape index (κ3) is 8.46. The van der Waals surface area contributed by atoms with E-state index in [1.54, 1.807) is 0 Å². The fourth-order valence-corrected chi connectivity index (χ4v) is 3.46. The molecule has 0 aromatic carbocycles. The van der Waals surface area contributed by atoms with Gasteiger partial charge in [0.2, 0.25) is 0 Å². The Morgan fingerprint density at radius 2 is 1.90 bits per heavy atom. The lowest BCUT2D eigenvalue weighted by Gasteiger charge is -2.36. The number of aromatic nitrogens is 3. The number of halogens is 1. The number of likely N-dealkylation sites (tertiary alicyclic amines) is 1. The number of guanidine groups is 1. The largest absolute Gasteiger partial charge is 0.444 e. The first kappa shape index (κ1) is 27.4. The molecule has 0 spiro atoms. The second kappa shape index (κ2) is 12.4. The van der Waals surface area contributed by atoms with E-state index in [-0.39, 0.29) is 30.1 Å². The van der Waals surface area contributed by atoms with Crippen LogP contribution < -0.4 is 5.32 Å². The topological polar surface area (TPSA) is 87.9 Å². The van der Waals surface area contributed by atoms with Crippen molar-refractivity contribution in [2.75, 3.05) is 32.7 Å². The maximum atomic E-state index is 12.4. The van der Waals surface area contributed by atoms with Crippen LogP contribution in [0.3, 0.4) is 0 Å². The highest BCUT2D eigenvalue weighted by Crippen LogP contribution is 2.20. The lowest BCUT2D eigenvalue weighted by atomic mass is 9.96. The molecule has 1 aliphatic heterocycles. The summed E-state index contributed by atoms with van der Waals surface area (Å²) in [6.45, 7) is 16.3. The number of aliphatic imine (C=N–C) groups is 1. The molecule has 178 valence electrons. The van der Waals surface area contributed by atoms with Crippen LogP contribution in [0.25, 0.3) is 0 Å². The van der Waals surface area contributed by atoms with Crippen LogP contribution in [0, 0.1) is 12.8 Å². The van der Waals surface area contributed by atoms with E-state index in [0.717, 1.165) is 56.6 Å². The van der Waals surface area contributed by atoms with Crippen LogP contribution in [0.2, 0.25) is 0 Å². The average molecular weight is 550 g/mol. The quantitative estimate of drug-likeness (QED) is 0.333. The molecule has 1 N–H and O–H groups in total. The molecule has 1 aromatic heterocycles. The fraction of sp³-hybridized carbons (Fsp3) is 0.810. The van der Waals surface area contributed by atoms with E-state index < -0.39 is 5.60 Å².